The van der Waals surface area contributed by atoms with Crippen LogP contribution in [0.5, 0.6) is 5.75 Å². The van der Waals surface area contributed by atoms with Crippen LogP contribution in [-0.4, -0.2) is 55.8 Å². The van der Waals surface area contributed by atoms with E-state index in [-0.39, 0.29) is 0 Å². The Labute approximate surface area is 146 Å². The summed E-state index contributed by atoms with van der Waals surface area (Å²) in [6.07, 6.45) is 5.09. The first-order chi connectivity index (χ1) is 11.8. The zero-order valence-electron chi connectivity index (χ0n) is 15.3. The van der Waals surface area contributed by atoms with Crippen LogP contribution in [0.3, 0.4) is 0 Å². The van der Waals surface area contributed by atoms with Gasteiger partial charge in [-0.05, 0) is 50.0 Å². The summed E-state index contributed by atoms with van der Waals surface area (Å²) in [5, 5.41) is 0. The van der Waals surface area contributed by atoms with E-state index in [1.807, 2.05) is 0 Å². The van der Waals surface area contributed by atoms with Crippen LogP contribution in [0.25, 0.3) is 0 Å². The minimum atomic E-state index is 0.563. The second-order valence-electron chi connectivity index (χ2n) is 7.12. The molecule has 1 unspecified atom stereocenters. The van der Waals surface area contributed by atoms with Gasteiger partial charge in [0.15, 0.2) is 0 Å². The van der Waals surface area contributed by atoms with Crippen LogP contribution >= 0.6 is 0 Å². The second kappa shape index (κ2) is 8.84. The fourth-order valence-corrected chi connectivity index (χ4v) is 3.97. The molecule has 24 heavy (non-hydrogen) atoms. The molecular weight excluding hydrogens is 300 g/mol. The molecule has 0 spiro atoms. The molecule has 0 aromatic heterocycles. The highest BCUT2D eigenvalue weighted by Crippen LogP contribution is 2.25. The van der Waals surface area contributed by atoms with Gasteiger partial charge in [0.25, 0.3) is 0 Å². The molecule has 3 rings (SSSR count). The molecule has 4 heteroatoms. The number of rotatable bonds is 7. The van der Waals surface area contributed by atoms with Crippen LogP contribution < -0.4 is 4.74 Å². The van der Waals surface area contributed by atoms with Gasteiger partial charge in [0.1, 0.15) is 5.75 Å². The van der Waals surface area contributed by atoms with Gasteiger partial charge in [-0.15, -0.1) is 0 Å². The summed E-state index contributed by atoms with van der Waals surface area (Å²) in [5.74, 6) is 1.03. The van der Waals surface area contributed by atoms with Crippen molar-refractivity contribution in [3.63, 3.8) is 0 Å². The molecule has 0 saturated carbocycles. The Bertz CT molecular complexity index is 512. The molecule has 1 aromatic rings. The third kappa shape index (κ3) is 4.50. The van der Waals surface area contributed by atoms with Gasteiger partial charge in [0.2, 0.25) is 0 Å². The normalized spacial score (nSPS) is 22.8. The summed E-state index contributed by atoms with van der Waals surface area (Å²) in [5.41, 5.74) is 2.73. The molecule has 4 nitrogen and oxygen atoms in total. The van der Waals surface area contributed by atoms with Crippen molar-refractivity contribution in [3.05, 3.63) is 29.3 Å². The van der Waals surface area contributed by atoms with Crippen LogP contribution in [-0.2, 0) is 17.8 Å². The summed E-state index contributed by atoms with van der Waals surface area (Å²) >= 11 is 0. The van der Waals surface area contributed by atoms with E-state index < -0.39 is 0 Å². The fourth-order valence-electron chi connectivity index (χ4n) is 3.97. The van der Waals surface area contributed by atoms with Gasteiger partial charge in [-0.25, -0.2) is 0 Å². The van der Waals surface area contributed by atoms with Gasteiger partial charge >= 0.3 is 0 Å². The van der Waals surface area contributed by atoms with Crippen LogP contribution in [0, 0.1) is 0 Å². The highest BCUT2D eigenvalue weighted by atomic mass is 16.5. The molecule has 0 N–H and O–H groups in total. The lowest BCUT2D eigenvalue weighted by Crippen LogP contribution is -2.44. The van der Waals surface area contributed by atoms with Gasteiger partial charge in [-0.3, -0.25) is 9.80 Å². The number of nitrogens with zero attached hydrogens (tertiary/aromatic N) is 2. The molecule has 2 aliphatic rings. The Morgan fingerprint density at radius 2 is 2.00 bits per heavy atom. The van der Waals surface area contributed by atoms with Crippen molar-refractivity contribution in [2.75, 3.05) is 40.0 Å². The Balaban J connectivity index is 1.70. The Morgan fingerprint density at radius 3 is 2.75 bits per heavy atom. The number of hydrogen-bond donors (Lipinski definition) is 0. The predicted molar refractivity (Wildman–Crippen MR) is 97.4 cm³/mol. The predicted octanol–water partition coefficient (Wildman–Crippen LogP) is 3.29. The molecule has 0 aliphatic carbocycles. The van der Waals surface area contributed by atoms with Crippen molar-refractivity contribution in [3.8, 4) is 5.75 Å². The maximum Gasteiger partial charge on any atom is 0.123 e. The van der Waals surface area contributed by atoms with E-state index in [1.165, 1.54) is 49.9 Å². The summed E-state index contributed by atoms with van der Waals surface area (Å²) in [6, 6.07) is 7.30. The lowest BCUT2D eigenvalue weighted by Gasteiger charge is -2.35. The number of morpholine rings is 1. The molecule has 134 valence electrons. The SMILES string of the molecule is CCCC1COCCN1Cc1ccc(OC)c(CN2CCCC2)c1. The first-order valence-corrected chi connectivity index (χ1v) is 9.50. The van der Waals surface area contributed by atoms with Crippen LogP contribution in [0.2, 0.25) is 0 Å². The van der Waals surface area contributed by atoms with Crippen molar-refractivity contribution < 1.29 is 9.47 Å². The average Bonchev–Trinajstić information content (AvgIpc) is 3.10. The zero-order valence-corrected chi connectivity index (χ0v) is 15.3. The van der Waals surface area contributed by atoms with E-state index in [2.05, 4.69) is 34.9 Å². The molecular formula is C20H32N2O2. The molecule has 0 amide bonds. The lowest BCUT2D eigenvalue weighted by atomic mass is 10.1. The van der Waals surface area contributed by atoms with Gasteiger partial charge in [-0.1, -0.05) is 19.4 Å². The third-order valence-electron chi connectivity index (χ3n) is 5.29. The van der Waals surface area contributed by atoms with Gasteiger partial charge in [0.05, 0.1) is 20.3 Å². The van der Waals surface area contributed by atoms with Gasteiger partial charge < -0.3 is 9.47 Å². The highest BCUT2D eigenvalue weighted by molar-refractivity contribution is 5.37. The second-order valence-corrected chi connectivity index (χ2v) is 7.12. The van der Waals surface area contributed by atoms with Crippen LogP contribution in [0.15, 0.2) is 18.2 Å². The quantitative estimate of drug-likeness (QED) is 0.765. The third-order valence-corrected chi connectivity index (χ3v) is 5.29. The summed E-state index contributed by atoms with van der Waals surface area (Å²) < 4.78 is 11.3. The Kier molecular flexibility index (Phi) is 6.52. The van der Waals surface area contributed by atoms with E-state index in [0.29, 0.717) is 6.04 Å². The molecule has 0 radical (unpaired) electrons. The molecule has 2 heterocycles. The van der Waals surface area contributed by atoms with Gasteiger partial charge in [0, 0.05) is 31.2 Å². The first kappa shape index (κ1) is 17.7. The van der Waals surface area contributed by atoms with E-state index >= 15 is 0 Å². The molecule has 1 atom stereocenters. The largest absolute Gasteiger partial charge is 0.496 e. The average molecular weight is 332 g/mol. The van der Waals surface area contributed by atoms with E-state index in [4.69, 9.17) is 9.47 Å². The van der Waals surface area contributed by atoms with Crippen molar-refractivity contribution in [1.29, 1.82) is 0 Å². The standard InChI is InChI=1S/C20H32N2O2/c1-3-6-19-16-24-12-11-22(19)14-17-7-8-20(23-2)18(13-17)15-21-9-4-5-10-21/h7-8,13,19H,3-6,9-12,14-16H2,1-2H3. The number of methoxy groups -OCH3 is 1. The lowest BCUT2D eigenvalue weighted by molar-refractivity contribution is -0.0147. The molecule has 2 fully saturated rings. The topological polar surface area (TPSA) is 24.9 Å². The Morgan fingerprint density at radius 1 is 1.17 bits per heavy atom. The maximum absolute atomic E-state index is 5.68. The fraction of sp³-hybridized carbons (Fsp3) is 0.700. The van der Waals surface area contributed by atoms with Crippen LogP contribution in [0.4, 0.5) is 0 Å². The minimum absolute atomic E-state index is 0.563. The van der Waals surface area contributed by atoms with Crippen LogP contribution in [0.1, 0.15) is 43.7 Å². The van der Waals surface area contributed by atoms with Crippen molar-refractivity contribution >= 4 is 0 Å². The highest BCUT2D eigenvalue weighted by Gasteiger charge is 2.22. The number of ether oxygens (including phenoxy) is 2. The smallest absolute Gasteiger partial charge is 0.123 e. The molecule has 2 saturated heterocycles. The zero-order chi connectivity index (χ0) is 16.8. The molecule has 2 aliphatic heterocycles. The van der Waals surface area contributed by atoms with E-state index in [0.717, 1.165) is 38.6 Å². The summed E-state index contributed by atoms with van der Waals surface area (Å²) in [7, 11) is 1.78. The molecule has 0 bridgehead atoms. The minimum Gasteiger partial charge on any atom is -0.496 e. The van der Waals surface area contributed by atoms with Crippen molar-refractivity contribution in [1.82, 2.24) is 9.80 Å². The molecule has 1 aromatic carbocycles. The van der Waals surface area contributed by atoms with Gasteiger partial charge in [-0.2, -0.15) is 0 Å². The first-order valence-electron chi connectivity index (χ1n) is 9.50. The summed E-state index contributed by atoms with van der Waals surface area (Å²) in [6.45, 7) is 9.50. The van der Waals surface area contributed by atoms with E-state index in [9.17, 15) is 0 Å². The maximum atomic E-state index is 5.68. The van der Waals surface area contributed by atoms with E-state index in [1.54, 1.807) is 7.11 Å². The number of hydrogen-bond acceptors (Lipinski definition) is 4. The summed E-state index contributed by atoms with van der Waals surface area (Å²) in [4.78, 5) is 5.13. The van der Waals surface area contributed by atoms with Crippen molar-refractivity contribution in [2.45, 2.75) is 51.7 Å². The van der Waals surface area contributed by atoms with Crippen molar-refractivity contribution in [2.24, 2.45) is 0 Å². The Hall–Kier alpha value is -1.10. The number of likely N-dealkylation sites (tertiary alicyclic amines) is 1. The number of benzene rings is 1. The monoisotopic (exact) mass is 332 g/mol.